The summed E-state index contributed by atoms with van der Waals surface area (Å²) in [5.74, 6) is 1.22. The quantitative estimate of drug-likeness (QED) is 0.763. The molecule has 1 aromatic rings. The van der Waals surface area contributed by atoms with Crippen LogP contribution < -0.4 is 15.4 Å². The van der Waals surface area contributed by atoms with Crippen LogP contribution in [0.15, 0.2) is 22.7 Å². The Morgan fingerprint density at radius 2 is 2.15 bits per heavy atom. The number of rotatable bonds is 8. The first-order valence-electron chi connectivity index (χ1n) is 6.92. The molecule has 0 heterocycles. The van der Waals surface area contributed by atoms with E-state index in [1.807, 2.05) is 25.1 Å². The van der Waals surface area contributed by atoms with Crippen molar-refractivity contribution in [1.29, 1.82) is 0 Å². The third-order valence-electron chi connectivity index (χ3n) is 2.64. The highest BCUT2D eigenvalue weighted by Crippen LogP contribution is 2.29. The summed E-state index contributed by atoms with van der Waals surface area (Å²) in [5.41, 5.74) is 1.05. The van der Waals surface area contributed by atoms with Gasteiger partial charge in [-0.15, -0.1) is 0 Å². The fourth-order valence-electron chi connectivity index (χ4n) is 1.74. The van der Waals surface area contributed by atoms with E-state index in [1.165, 1.54) is 0 Å². The second kappa shape index (κ2) is 8.97. The van der Waals surface area contributed by atoms with Crippen LogP contribution in [-0.2, 0) is 11.3 Å². The van der Waals surface area contributed by atoms with Crippen LogP contribution in [0.4, 0.5) is 0 Å². The van der Waals surface area contributed by atoms with Crippen molar-refractivity contribution >= 4 is 21.8 Å². The molecular weight excluding hydrogens is 320 g/mol. The molecule has 112 valence electrons. The van der Waals surface area contributed by atoms with Crippen LogP contribution in [0.3, 0.4) is 0 Å². The van der Waals surface area contributed by atoms with Crippen molar-refractivity contribution in [2.24, 2.45) is 5.92 Å². The van der Waals surface area contributed by atoms with Gasteiger partial charge in [-0.2, -0.15) is 0 Å². The topological polar surface area (TPSA) is 50.4 Å². The van der Waals surface area contributed by atoms with Crippen molar-refractivity contribution in [3.63, 3.8) is 0 Å². The first kappa shape index (κ1) is 17.0. The van der Waals surface area contributed by atoms with Gasteiger partial charge in [0, 0.05) is 18.7 Å². The molecular formula is C15H23BrN2O2. The first-order valence-corrected chi connectivity index (χ1v) is 7.71. The Hall–Kier alpha value is -1.07. The zero-order valence-electron chi connectivity index (χ0n) is 12.3. The minimum Gasteiger partial charge on any atom is -0.482 e. The largest absolute Gasteiger partial charge is 0.482 e. The Balaban J connectivity index is 2.65. The number of nitrogens with one attached hydrogen (secondary N) is 2. The van der Waals surface area contributed by atoms with Crippen molar-refractivity contribution < 1.29 is 9.53 Å². The second-order valence-electron chi connectivity index (χ2n) is 5.00. The molecule has 0 bridgehead atoms. The van der Waals surface area contributed by atoms with Crippen LogP contribution in [0, 0.1) is 5.92 Å². The van der Waals surface area contributed by atoms with Crippen LogP contribution in [0.5, 0.6) is 5.75 Å². The van der Waals surface area contributed by atoms with Crippen molar-refractivity contribution in [1.82, 2.24) is 10.6 Å². The van der Waals surface area contributed by atoms with Crippen LogP contribution in [0.2, 0.25) is 0 Å². The number of likely N-dealkylation sites (N-methyl/N-ethyl adjacent to an activating group) is 1. The van der Waals surface area contributed by atoms with Gasteiger partial charge in [0.2, 0.25) is 0 Å². The maximum atomic E-state index is 11.5. The van der Waals surface area contributed by atoms with E-state index in [0.29, 0.717) is 12.5 Å². The van der Waals surface area contributed by atoms with Crippen molar-refractivity contribution in [3.05, 3.63) is 28.2 Å². The maximum absolute atomic E-state index is 11.5. The van der Waals surface area contributed by atoms with E-state index in [1.54, 1.807) is 0 Å². The lowest BCUT2D eigenvalue weighted by atomic mass is 10.2. The number of para-hydroxylation sites is 1. The number of hydrogen-bond acceptors (Lipinski definition) is 3. The van der Waals surface area contributed by atoms with E-state index in [9.17, 15) is 4.79 Å². The van der Waals surface area contributed by atoms with E-state index < -0.39 is 0 Å². The smallest absolute Gasteiger partial charge is 0.257 e. The fourth-order valence-corrected chi connectivity index (χ4v) is 2.26. The number of halogens is 1. The number of benzene rings is 1. The normalized spacial score (nSPS) is 10.7. The minimum absolute atomic E-state index is 0.0354. The number of carbonyl (C=O) groups is 1. The molecule has 2 N–H and O–H groups in total. The van der Waals surface area contributed by atoms with E-state index in [4.69, 9.17) is 4.74 Å². The summed E-state index contributed by atoms with van der Waals surface area (Å²) in [4.78, 5) is 11.5. The maximum Gasteiger partial charge on any atom is 0.257 e. The molecule has 0 radical (unpaired) electrons. The molecule has 0 aliphatic heterocycles. The standard InChI is InChI=1S/C15H23BrN2O2/c1-4-18-14(19)10-20-15-12(6-5-7-13(15)16)9-17-8-11(2)3/h5-7,11,17H,4,8-10H2,1-3H3,(H,18,19). The molecule has 0 aliphatic carbocycles. The van der Waals surface area contributed by atoms with Gasteiger partial charge < -0.3 is 15.4 Å². The summed E-state index contributed by atoms with van der Waals surface area (Å²) in [6.45, 7) is 8.54. The highest BCUT2D eigenvalue weighted by molar-refractivity contribution is 9.10. The molecule has 0 spiro atoms. The molecule has 1 amide bonds. The molecule has 0 atom stereocenters. The lowest BCUT2D eigenvalue weighted by molar-refractivity contribution is -0.123. The van der Waals surface area contributed by atoms with E-state index >= 15 is 0 Å². The summed E-state index contributed by atoms with van der Waals surface area (Å²) in [7, 11) is 0. The molecule has 0 saturated carbocycles. The minimum atomic E-state index is -0.107. The van der Waals surface area contributed by atoms with Gasteiger partial charge in [-0.1, -0.05) is 26.0 Å². The zero-order valence-corrected chi connectivity index (χ0v) is 13.9. The molecule has 1 aromatic carbocycles. The Kier molecular flexibility index (Phi) is 7.62. The van der Waals surface area contributed by atoms with E-state index in [-0.39, 0.29) is 12.5 Å². The van der Waals surface area contributed by atoms with Gasteiger partial charge in [0.25, 0.3) is 5.91 Å². The van der Waals surface area contributed by atoms with Crippen LogP contribution in [-0.4, -0.2) is 25.6 Å². The highest BCUT2D eigenvalue weighted by Gasteiger charge is 2.10. The van der Waals surface area contributed by atoms with Crippen molar-refractivity contribution in [3.8, 4) is 5.75 Å². The average Bonchev–Trinajstić information content (AvgIpc) is 2.38. The number of ether oxygens (including phenoxy) is 1. The molecule has 0 aromatic heterocycles. The van der Waals surface area contributed by atoms with Crippen LogP contribution in [0.1, 0.15) is 26.3 Å². The van der Waals surface area contributed by atoms with Crippen molar-refractivity contribution in [2.45, 2.75) is 27.3 Å². The number of carbonyl (C=O) groups excluding carboxylic acids is 1. The summed E-state index contributed by atoms with van der Waals surface area (Å²) in [5, 5.41) is 6.10. The lowest BCUT2D eigenvalue weighted by Gasteiger charge is -2.14. The first-order chi connectivity index (χ1) is 9.54. The lowest BCUT2D eigenvalue weighted by Crippen LogP contribution is -2.28. The third-order valence-corrected chi connectivity index (χ3v) is 3.26. The Labute approximate surface area is 129 Å². The Morgan fingerprint density at radius 1 is 1.40 bits per heavy atom. The van der Waals surface area contributed by atoms with Gasteiger partial charge in [0.1, 0.15) is 5.75 Å². The van der Waals surface area contributed by atoms with E-state index in [0.717, 1.165) is 28.9 Å². The monoisotopic (exact) mass is 342 g/mol. The molecule has 0 unspecified atom stereocenters. The predicted molar refractivity (Wildman–Crippen MR) is 84.9 cm³/mol. The molecule has 0 fully saturated rings. The zero-order chi connectivity index (χ0) is 15.0. The molecule has 4 nitrogen and oxygen atoms in total. The van der Waals surface area contributed by atoms with Crippen LogP contribution >= 0.6 is 15.9 Å². The van der Waals surface area contributed by atoms with Crippen LogP contribution in [0.25, 0.3) is 0 Å². The van der Waals surface area contributed by atoms with E-state index in [2.05, 4.69) is 40.4 Å². The Morgan fingerprint density at radius 3 is 2.80 bits per heavy atom. The van der Waals surface area contributed by atoms with Gasteiger partial charge in [-0.05, 0) is 41.4 Å². The summed E-state index contributed by atoms with van der Waals surface area (Å²) >= 11 is 3.47. The predicted octanol–water partition coefficient (Wildman–Crippen LogP) is 2.71. The highest BCUT2D eigenvalue weighted by atomic mass is 79.9. The molecule has 20 heavy (non-hydrogen) atoms. The van der Waals surface area contributed by atoms with Crippen molar-refractivity contribution in [2.75, 3.05) is 19.7 Å². The van der Waals surface area contributed by atoms with Gasteiger partial charge in [-0.3, -0.25) is 4.79 Å². The number of hydrogen-bond donors (Lipinski definition) is 2. The molecule has 1 rings (SSSR count). The van der Waals surface area contributed by atoms with Gasteiger partial charge in [0.05, 0.1) is 4.47 Å². The summed E-state index contributed by atoms with van der Waals surface area (Å²) in [6, 6.07) is 5.89. The van der Waals surface area contributed by atoms with Gasteiger partial charge in [-0.25, -0.2) is 0 Å². The Bertz CT molecular complexity index is 436. The molecule has 0 aliphatic rings. The number of amides is 1. The molecule has 5 heteroatoms. The average molecular weight is 343 g/mol. The van der Waals surface area contributed by atoms with Gasteiger partial charge in [0.15, 0.2) is 6.61 Å². The van der Waals surface area contributed by atoms with Gasteiger partial charge >= 0.3 is 0 Å². The fraction of sp³-hybridized carbons (Fsp3) is 0.533. The molecule has 0 saturated heterocycles. The summed E-state index contributed by atoms with van der Waals surface area (Å²) in [6.07, 6.45) is 0. The summed E-state index contributed by atoms with van der Waals surface area (Å²) < 4.78 is 6.51. The third kappa shape index (κ3) is 5.92. The SMILES string of the molecule is CCNC(=O)COc1c(Br)cccc1CNCC(C)C. The second-order valence-corrected chi connectivity index (χ2v) is 5.85.